The van der Waals surface area contributed by atoms with Gasteiger partial charge in [-0.05, 0) is 52.6 Å². The number of hydrogen-bond donors (Lipinski definition) is 1. The Hall–Kier alpha value is -1.73. The Morgan fingerprint density at radius 2 is 2.04 bits per heavy atom. The Labute approximate surface area is 162 Å². The summed E-state index contributed by atoms with van der Waals surface area (Å²) in [6, 6.07) is 0.0453. The summed E-state index contributed by atoms with van der Waals surface area (Å²) < 4.78 is 5.07. The number of carbonyl (C=O) groups is 1. The number of carbonyl (C=O) groups excluding carboxylic acids is 1. The number of aromatic nitrogens is 2. The standard InChI is InChI=1S/C20H33N5O2/c1-14(13-27-4)21-18(26)12-25-10-7-16(8-11-25)19-22-15(2)17-6-5-9-24(3)20(17)23-19/h14,16H,5-13H2,1-4H3,(H,21,26)/t14-/m1/s1. The van der Waals surface area contributed by atoms with E-state index in [0.717, 1.165) is 56.2 Å². The Morgan fingerprint density at radius 3 is 2.74 bits per heavy atom. The number of piperidine rings is 1. The molecule has 1 atom stereocenters. The van der Waals surface area contributed by atoms with Gasteiger partial charge in [-0.2, -0.15) is 0 Å². The van der Waals surface area contributed by atoms with Crippen molar-refractivity contribution in [1.29, 1.82) is 0 Å². The van der Waals surface area contributed by atoms with Crippen LogP contribution in [0.15, 0.2) is 0 Å². The summed E-state index contributed by atoms with van der Waals surface area (Å²) in [6.45, 7) is 7.95. The van der Waals surface area contributed by atoms with Gasteiger partial charge in [0, 0.05) is 43.9 Å². The van der Waals surface area contributed by atoms with Crippen LogP contribution in [0.3, 0.4) is 0 Å². The molecule has 1 saturated heterocycles. The van der Waals surface area contributed by atoms with Crippen LogP contribution in [-0.2, 0) is 16.0 Å². The molecule has 0 aliphatic carbocycles. The monoisotopic (exact) mass is 375 g/mol. The molecule has 0 spiro atoms. The molecule has 0 aromatic carbocycles. The average molecular weight is 376 g/mol. The number of hydrogen-bond acceptors (Lipinski definition) is 6. The van der Waals surface area contributed by atoms with Crippen LogP contribution < -0.4 is 10.2 Å². The van der Waals surface area contributed by atoms with Crippen molar-refractivity contribution in [2.45, 2.75) is 51.5 Å². The lowest BCUT2D eigenvalue weighted by molar-refractivity contribution is -0.123. The molecular weight excluding hydrogens is 342 g/mol. The molecule has 0 saturated carbocycles. The second-order valence-corrected chi connectivity index (χ2v) is 7.97. The number of fused-ring (bicyclic) bond motifs is 1. The van der Waals surface area contributed by atoms with Crippen molar-refractivity contribution in [1.82, 2.24) is 20.2 Å². The van der Waals surface area contributed by atoms with Gasteiger partial charge >= 0.3 is 0 Å². The van der Waals surface area contributed by atoms with Crippen molar-refractivity contribution in [3.8, 4) is 0 Å². The summed E-state index contributed by atoms with van der Waals surface area (Å²) >= 11 is 0. The van der Waals surface area contributed by atoms with E-state index in [9.17, 15) is 4.79 Å². The maximum absolute atomic E-state index is 12.2. The first-order chi connectivity index (χ1) is 13.0. The molecule has 0 radical (unpaired) electrons. The van der Waals surface area contributed by atoms with E-state index < -0.39 is 0 Å². The molecule has 1 aromatic rings. The molecule has 1 fully saturated rings. The quantitative estimate of drug-likeness (QED) is 0.813. The largest absolute Gasteiger partial charge is 0.383 e. The van der Waals surface area contributed by atoms with E-state index in [2.05, 4.69) is 29.1 Å². The average Bonchev–Trinajstić information content (AvgIpc) is 2.63. The van der Waals surface area contributed by atoms with Gasteiger partial charge in [-0.25, -0.2) is 9.97 Å². The fourth-order valence-corrected chi connectivity index (χ4v) is 4.16. The number of nitrogens with zero attached hydrogens (tertiary/aromatic N) is 4. The molecule has 1 aromatic heterocycles. The molecule has 3 heterocycles. The number of anilines is 1. The van der Waals surface area contributed by atoms with Gasteiger partial charge in [0.25, 0.3) is 0 Å². The van der Waals surface area contributed by atoms with Crippen LogP contribution in [0.2, 0.25) is 0 Å². The molecule has 27 heavy (non-hydrogen) atoms. The van der Waals surface area contributed by atoms with Crippen molar-refractivity contribution < 1.29 is 9.53 Å². The predicted molar refractivity (Wildman–Crippen MR) is 106 cm³/mol. The third-order valence-corrected chi connectivity index (χ3v) is 5.64. The van der Waals surface area contributed by atoms with Crippen molar-refractivity contribution in [3.05, 3.63) is 17.1 Å². The summed E-state index contributed by atoms with van der Waals surface area (Å²) in [4.78, 5) is 26.4. The van der Waals surface area contributed by atoms with E-state index >= 15 is 0 Å². The highest BCUT2D eigenvalue weighted by molar-refractivity contribution is 5.78. The first-order valence-corrected chi connectivity index (χ1v) is 10.1. The van der Waals surface area contributed by atoms with Gasteiger partial charge in [0.1, 0.15) is 11.6 Å². The summed E-state index contributed by atoms with van der Waals surface area (Å²) in [6.07, 6.45) is 4.27. The molecule has 2 aliphatic heterocycles. The van der Waals surface area contributed by atoms with Gasteiger partial charge in [0.05, 0.1) is 13.2 Å². The van der Waals surface area contributed by atoms with Crippen LogP contribution in [0.4, 0.5) is 5.82 Å². The number of rotatable bonds is 6. The second kappa shape index (κ2) is 8.97. The highest BCUT2D eigenvalue weighted by Crippen LogP contribution is 2.31. The summed E-state index contributed by atoms with van der Waals surface area (Å²) in [7, 11) is 3.77. The zero-order valence-electron chi connectivity index (χ0n) is 17.1. The molecule has 3 rings (SSSR count). The molecule has 0 unspecified atom stereocenters. The number of amides is 1. The number of nitrogens with one attached hydrogen (secondary N) is 1. The van der Waals surface area contributed by atoms with Gasteiger partial charge in [0.15, 0.2) is 0 Å². The van der Waals surface area contributed by atoms with Crippen LogP contribution in [0.5, 0.6) is 0 Å². The van der Waals surface area contributed by atoms with E-state index in [1.54, 1.807) is 7.11 Å². The molecule has 150 valence electrons. The Morgan fingerprint density at radius 1 is 1.30 bits per heavy atom. The zero-order chi connectivity index (χ0) is 19.4. The number of ether oxygens (including phenoxy) is 1. The van der Waals surface area contributed by atoms with Crippen LogP contribution >= 0.6 is 0 Å². The lowest BCUT2D eigenvalue weighted by Crippen LogP contribution is -2.44. The first kappa shape index (κ1) is 20.0. The SMILES string of the molecule is COC[C@@H](C)NC(=O)CN1CCC(c2nc(C)c3c(n2)N(C)CCC3)CC1. The van der Waals surface area contributed by atoms with Crippen LogP contribution in [-0.4, -0.2) is 73.8 Å². The summed E-state index contributed by atoms with van der Waals surface area (Å²) in [5.74, 6) is 2.56. The fourth-order valence-electron chi connectivity index (χ4n) is 4.16. The normalized spacial score (nSPS) is 19.6. The van der Waals surface area contributed by atoms with Gasteiger partial charge in [0.2, 0.25) is 5.91 Å². The maximum atomic E-state index is 12.2. The number of likely N-dealkylation sites (tertiary alicyclic amines) is 1. The molecule has 1 amide bonds. The first-order valence-electron chi connectivity index (χ1n) is 10.1. The molecule has 7 heteroatoms. The van der Waals surface area contributed by atoms with E-state index in [0.29, 0.717) is 19.1 Å². The molecule has 2 aliphatic rings. The van der Waals surface area contributed by atoms with Crippen molar-refractivity contribution in [3.63, 3.8) is 0 Å². The van der Waals surface area contributed by atoms with Crippen molar-refractivity contribution >= 4 is 11.7 Å². The fraction of sp³-hybridized carbons (Fsp3) is 0.750. The van der Waals surface area contributed by atoms with Gasteiger partial charge in [-0.15, -0.1) is 0 Å². The Kier molecular flexibility index (Phi) is 6.65. The highest BCUT2D eigenvalue weighted by atomic mass is 16.5. The third kappa shape index (κ3) is 4.96. The Bertz CT molecular complexity index is 658. The van der Waals surface area contributed by atoms with E-state index in [1.807, 2.05) is 6.92 Å². The zero-order valence-corrected chi connectivity index (χ0v) is 17.1. The third-order valence-electron chi connectivity index (χ3n) is 5.64. The summed E-state index contributed by atoms with van der Waals surface area (Å²) in [5.41, 5.74) is 2.45. The summed E-state index contributed by atoms with van der Waals surface area (Å²) in [5, 5.41) is 2.98. The Balaban J connectivity index is 1.56. The predicted octanol–water partition coefficient (Wildman–Crippen LogP) is 1.50. The van der Waals surface area contributed by atoms with E-state index in [4.69, 9.17) is 14.7 Å². The minimum absolute atomic E-state index is 0.0453. The molecule has 7 nitrogen and oxygen atoms in total. The van der Waals surface area contributed by atoms with Gasteiger partial charge < -0.3 is 15.0 Å². The minimum atomic E-state index is 0.0453. The van der Waals surface area contributed by atoms with Crippen LogP contribution in [0.25, 0.3) is 0 Å². The smallest absolute Gasteiger partial charge is 0.234 e. The van der Waals surface area contributed by atoms with Crippen LogP contribution in [0.1, 0.15) is 49.2 Å². The highest BCUT2D eigenvalue weighted by Gasteiger charge is 2.27. The lowest BCUT2D eigenvalue weighted by atomic mass is 9.95. The topological polar surface area (TPSA) is 70.6 Å². The molecule has 0 bridgehead atoms. The van der Waals surface area contributed by atoms with Gasteiger partial charge in [-0.1, -0.05) is 0 Å². The number of methoxy groups -OCH3 is 1. The number of aryl methyl sites for hydroxylation is 1. The van der Waals surface area contributed by atoms with E-state index in [-0.39, 0.29) is 11.9 Å². The van der Waals surface area contributed by atoms with Crippen LogP contribution in [0, 0.1) is 6.92 Å². The van der Waals surface area contributed by atoms with Gasteiger partial charge in [-0.3, -0.25) is 9.69 Å². The van der Waals surface area contributed by atoms with E-state index in [1.165, 1.54) is 12.0 Å². The maximum Gasteiger partial charge on any atom is 0.234 e. The van der Waals surface area contributed by atoms with Crippen molar-refractivity contribution in [2.24, 2.45) is 0 Å². The molecule has 1 N–H and O–H groups in total. The minimum Gasteiger partial charge on any atom is -0.383 e. The lowest BCUT2D eigenvalue weighted by Gasteiger charge is -2.32. The van der Waals surface area contributed by atoms with Crippen molar-refractivity contribution in [2.75, 3.05) is 51.8 Å². The second-order valence-electron chi connectivity index (χ2n) is 7.97. The molecular formula is C20H33N5O2.